The van der Waals surface area contributed by atoms with Crippen LogP contribution in [0, 0.1) is 13.8 Å². The van der Waals surface area contributed by atoms with Crippen molar-refractivity contribution in [3.8, 4) is 5.75 Å². The predicted octanol–water partition coefficient (Wildman–Crippen LogP) is 2.47. The largest absolute Gasteiger partial charge is 0.493 e. The Hall–Kier alpha value is -1.55. The molecule has 1 atom stereocenters. The summed E-state index contributed by atoms with van der Waals surface area (Å²) in [7, 11) is 0. The summed E-state index contributed by atoms with van der Waals surface area (Å²) >= 11 is 0. The van der Waals surface area contributed by atoms with Crippen LogP contribution in [0.4, 0.5) is 0 Å². The lowest BCUT2D eigenvalue weighted by molar-refractivity contribution is -0.120. The minimum Gasteiger partial charge on any atom is -0.493 e. The number of hydrogen-bond donors (Lipinski definition) is 1. The Morgan fingerprint density at radius 1 is 1.29 bits per heavy atom. The number of aryl methyl sites for hydroxylation is 2. The molecule has 21 heavy (non-hydrogen) atoms. The molecule has 1 aliphatic heterocycles. The molecule has 0 unspecified atom stereocenters. The number of benzene rings is 1. The summed E-state index contributed by atoms with van der Waals surface area (Å²) in [6, 6.07) is 5.13. The van der Waals surface area contributed by atoms with Gasteiger partial charge in [-0.25, -0.2) is 0 Å². The van der Waals surface area contributed by atoms with Crippen molar-refractivity contribution in [2.24, 2.45) is 5.73 Å². The van der Waals surface area contributed by atoms with Crippen molar-refractivity contribution >= 4 is 5.91 Å². The Bertz CT molecular complexity index is 552. The van der Waals surface area contributed by atoms with Crippen molar-refractivity contribution in [3.05, 3.63) is 28.8 Å². The van der Waals surface area contributed by atoms with Gasteiger partial charge in [0.2, 0.25) is 5.91 Å². The molecule has 4 heteroatoms. The van der Waals surface area contributed by atoms with E-state index >= 15 is 0 Å². The number of amides is 1. The molecule has 2 aliphatic rings. The molecule has 1 aliphatic carbocycles. The van der Waals surface area contributed by atoms with Crippen LogP contribution >= 0.6 is 0 Å². The van der Waals surface area contributed by atoms with Gasteiger partial charge in [-0.3, -0.25) is 9.69 Å². The number of nitrogens with two attached hydrogens (primary N) is 1. The molecule has 0 aromatic heterocycles. The number of rotatable bonds is 4. The third-order valence-corrected chi connectivity index (χ3v) is 4.62. The lowest BCUT2D eigenvalue weighted by Gasteiger charge is -2.31. The van der Waals surface area contributed by atoms with E-state index in [1.165, 1.54) is 29.5 Å². The summed E-state index contributed by atoms with van der Waals surface area (Å²) < 4.78 is 5.93. The molecule has 2 N–H and O–H groups in total. The SMILES string of the molecule is Cc1cc2c(cc1C)[C@@H](N(CC(N)=O)C1CC1)CCCO2. The van der Waals surface area contributed by atoms with Crippen LogP contribution in [0.5, 0.6) is 5.75 Å². The van der Waals surface area contributed by atoms with Gasteiger partial charge in [-0.15, -0.1) is 0 Å². The van der Waals surface area contributed by atoms with Crippen molar-refractivity contribution in [2.45, 2.75) is 51.6 Å². The van der Waals surface area contributed by atoms with Gasteiger partial charge in [0.05, 0.1) is 13.2 Å². The lowest BCUT2D eigenvalue weighted by atomic mass is 9.96. The van der Waals surface area contributed by atoms with E-state index in [9.17, 15) is 4.79 Å². The molecule has 1 amide bonds. The molecule has 1 saturated carbocycles. The molecule has 1 heterocycles. The predicted molar refractivity (Wildman–Crippen MR) is 82.3 cm³/mol. The molecule has 3 rings (SSSR count). The van der Waals surface area contributed by atoms with Crippen LogP contribution in [0.3, 0.4) is 0 Å². The first-order chi connectivity index (χ1) is 10.1. The number of carbonyl (C=O) groups is 1. The summed E-state index contributed by atoms with van der Waals surface area (Å²) in [6.07, 6.45) is 4.38. The highest BCUT2D eigenvalue weighted by molar-refractivity contribution is 5.76. The van der Waals surface area contributed by atoms with Gasteiger partial charge < -0.3 is 10.5 Å². The van der Waals surface area contributed by atoms with Crippen LogP contribution < -0.4 is 10.5 Å². The minimum absolute atomic E-state index is 0.238. The molecule has 0 bridgehead atoms. The molecule has 0 saturated heterocycles. The normalized spacial score (nSPS) is 21.6. The maximum Gasteiger partial charge on any atom is 0.231 e. The summed E-state index contributed by atoms with van der Waals surface area (Å²) in [5.74, 6) is 0.744. The standard InChI is InChI=1S/C17H24N2O2/c1-11-8-14-15(19(10-17(18)20)13-5-6-13)4-3-7-21-16(14)9-12(11)2/h8-9,13,15H,3-7,10H2,1-2H3,(H2,18,20)/t15-/m0/s1. The fourth-order valence-electron chi connectivity index (χ4n) is 3.24. The maximum absolute atomic E-state index is 11.5. The van der Waals surface area contributed by atoms with Crippen LogP contribution in [-0.2, 0) is 4.79 Å². The second kappa shape index (κ2) is 5.68. The van der Waals surface area contributed by atoms with Crippen LogP contribution in [0.15, 0.2) is 12.1 Å². The lowest BCUT2D eigenvalue weighted by Crippen LogP contribution is -2.38. The first-order valence-corrected chi connectivity index (χ1v) is 7.84. The van der Waals surface area contributed by atoms with Crippen LogP contribution in [0.1, 0.15) is 48.4 Å². The minimum atomic E-state index is -0.238. The van der Waals surface area contributed by atoms with Gasteiger partial charge in [-0.05, 0) is 56.7 Å². The number of carbonyl (C=O) groups excluding carboxylic acids is 1. The average Bonchev–Trinajstić information content (AvgIpc) is 3.24. The maximum atomic E-state index is 11.5. The number of primary amides is 1. The second-order valence-corrected chi connectivity index (χ2v) is 6.35. The summed E-state index contributed by atoms with van der Waals surface area (Å²) in [5.41, 5.74) is 9.22. The van der Waals surface area contributed by atoms with Gasteiger partial charge in [-0.2, -0.15) is 0 Å². The average molecular weight is 288 g/mol. The smallest absolute Gasteiger partial charge is 0.231 e. The van der Waals surface area contributed by atoms with E-state index in [2.05, 4.69) is 30.9 Å². The molecule has 0 spiro atoms. The molecule has 1 aromatic carbocycles. The Morgan fingerprint density at radius 2 is 2.00 bits per heavy atom. The zero-order chi connectivity index (χ0) is 15.0. The first kappa shape index (κ1) is 14.4. The highest BCUT2D eigenvalue weighted by atomic mass is 16.5. The van der Waals surface area contributed by atoms with E-state index in [0.717, 1.165) is 25.2 Å². The number of ether oxygens (including phenoxy) is 1. The van der Waals surface area contributed by atoms with E-state index in [4.69, 9.17) is 10.5 Å². The van der Waals surface area contributed by atoms with Gasteiger partial charge in [0.25, 0.3) is 0 Å². The highest BCUT2D eigenvalue weighted by Gasteiger charge is 2.37. The van der Waals surface area contributed by atoms with Crippen molar-refractivity contribution in [2.75, 3.05) is 13.2 Å². The summed E-state index contributed by atoms with van der Waals surface area (Å²) in [6.45, 7) is 5.34. The van der Waals surface area contributed by atoms with Gasteiger partial charge in [-0.1, -0.05) is 6.07 Å². The van der Waals surface area contributed by atoms with Crippen molar-refractivity contribution in [1.82, 2.24) is 4.90 Å². The van der Waals surface area contributed by atoms with Gasteiger partial charge in [0.15, 0.2) is 0 Å². The Kier molecular flexibility index (Phi) is 3.89. The molecular formula is C17H24N2O2. The van der Waals surface area contributed by atoms with Gasteiger partial charge in [0, 0.05) is 17.6 Å². The van der Waals surface area contributed by atoms with E-state index in [1.54, 1.807) is 0 Å². The second-order valence-electron chi connectivity index (χ2n) is 6.35. The third-order valence-electron chi connectivity index (χ3n) is 4.62. The first-order valence-electron chi connectivity index (χ1n) is 7.84. The fraction of sp³-hybridized carbons (Fsp3) is 0.588. The quantitative estimate of drug-likeness (QED) is 0.926. The molecule has 114 valence electrons. The molecule has 1 aromatic rings. The van der Waals surface area contributed by atoms with Crippen LogP contribution in [0.25, 0.3) is 0 Å². The fourth-order valence-corrected chi connectivity index (χ4v) is 3.24. The van der Waals surface area contributed by atoms with Gasteiger partial charge in [0.1, 0.15) is 5.75 Å². The number of hydrogen-bond acceptors (Lipinski definition) is 3. The van der Waals surface area contributed by atoms with Crippen LogP contribution in [0.2, 0.25) is 0 Å². The number of nitrogens with zero attached hydrogens (tertiary/aromatic N) is 1. The Balaban J connectivity index is 1.98. The van der Waals surface area contributed by atoms with E-state index in [1.807, 2.05) is 0 Å². The zero-order valence-corrected chi connectivity index (χ0v) is 12.9. The molecular weight excluding hydrogens is 264 g/mol. The zero-order valence-electron chi connectivity index (χ0n) is 12.9. The monoisotopic (exact) mass is 288 g/mol. The van der Waals surface area contributed by atoms with Gasteiger partial charge >= 0.3 is 0 Å². The third kappa shape index (κ3) is 3.05. The molecule has 0 radical (unpaired) electrons. The van der Waals surface area contributed by atoms with E-state index in [-0.39, 0.29) is 11.9 Å². The van der Waals surface area contributed by atoms with Crippen molar-refractivity contribution < 1.29 is 9.53 Å². The summed E-state index contributed by atoms with van der Waals surface area (Å²) in [5, 5.41) is 0. The van der Waals surface area contributed by atoms with Crippen molar-refractivity contribution in [1.29, 1.82) is 0 Å². The van der Waals surface area contributed by atoms with E-state index in [0.29, 0.717) is 12.6 Å². The topological polar surface area (TPSA) is 55.6 Å². The number of fused-ring (bicyclic) bond motifs is 1. The highest BCUT2D eigenvalue weighted by Crippen LogP contribution is 2.41. The van der Waals surface area contributed by atoms with Crippen LogP contribution in [-0.4, -0.2) is 30.0 Å². The van der Waals surface area contributed by atoms with Crippen molar-refractivity contribution in [3.63, 3.8) is 0 Å². The molecule has 4 nitrogen and oxygen atoms in total. The Labute approximate surface area is 126 Å². The Morgan fingerprint density at radius 3 is 2.67 bits per heavy atom. The van der Waals surface area contributed by atoms with E-state index < -0.39 is 0 Å². The molecule has 1 fully saturated rings. The summed E-state index contributed by atoms with van der Waals surface area (Å²) in [4.78, 5) is 13.7.